The molecule has 0 saturated heterocycles. The number of hydrogen-bond acceptors (Lipinski definition) is 4. The van der Waals surface area contributed by atoms with E-state index in [1.54, 1.807) is 24.3 Å². The fraction of sp³-hybridized carbons (Fsp3) is 0.370. The Bertz CT molecular complexity index is 1150. The number of nitrogens with zero attached hydrogens (tertiary/aromatic N) is 2. The van der Waals surface area contributed by atoms with E-state index in [1.807, 2.05) is 47.5 Å². The van der Waals surface area contributed by atoms with Crippen LogP contribution >= 0.6 is 11.3 Å². The normalized spacial score (nSPS) is 15.0. The Morgan fingerprint density at radius 1 is 1.06 bits per heavy atom. The Labute approximate surface area is 204 Å². The Morgan fingerprint density at radius 2 is 1.82 bits per heavy atom. The average Bonchev–Trinajstić information content (AvgIpc) is 3.49. The second-order valence-corrected chi connectivity index (χ2v) is 9.92. The van der Waals surface area contributed by atoms with Crippen molar-refractivity contribution in [2.24, 2.45) is 7.05 Å². The molecule has 0 bridgehead atoms. The molecule has 0 radical (unpaired) electrons. The van der Waals surface area contributed by atoms with E-state index < -0.39 is 6.04 Å². The standard InChI is InChI=1S/C27H31N3O3S/c1-19(31)22-13-6-7-14-23(22)30(25(32)18-21-12-9-17-34-21)26(24-15-8-16-29(24)2)27(33)28-20-10-4-3-5-11-20/h6-9,12-17,20,26H,3-5,10-11,18H2,1-2H3,(H,28,33). The number of carbonyl (C=O) groups excluding carboxylic acids is 3. The quantitative estimate of drug-likeness (QED) is 0.461. The first kappa shape index (κ1) is 24.0. The van der Waals surface area contributed by atoms with Gasteiger partial charge in [-0.3, -0.25) is 19.3 Å². The number of para-hydroxylation sites is 1. The third kappa shape index (κ3) is 5.30. The van der Waals surface area contributed by atoms with Gasteiger partial charge in [0.1, 0.15) is 0 Å². The molecule has 1 aromatic carbocycles. The fourth-order valence-corrected chi connectivity index (χ4v) is 5.41. The highest BCUT2D eigenvalue weighted by atomic mass is 32.1. The van der Waals surface area contributed by atoms with Crippen molar-refractivity contribution >= 4 is 34.6 Å². The molecule has 4 rings (SSSR count). The molecule has 178 valence electrons. The number of aromatic nitrogens is 1. The number of anilines is 1. The number of nitrogens with one attached hydrogen (secondary N) is 1. The zero-order valence-electron chi connectivity index (χ0n) is 19.7. The van der Waals surface area contributed by atoms with Gasteiger partial charge in [0.05, 0.1) is 17.8 Å². The lowest BCUT2D eigenvalue weighted by Gasteiger charge is -2.34. The molecule has 1 aliphatic rings. The predicted octanol–water partition coefficient (Wildman–Crippen LogP) is 5.06. The van der Waals surface area contributed by atoms with Gasteiger partial charge in [0.15, 0.2) is 11.8 Å². The van der Waals surface area contributed by atoms with Crippen LogP contribution in [-0.4, -0.2) is 28.2 Å². The van der Waals surface area contributed by atoms with Gasteiger partial charge >= 0.3 is 0 Å². The van der Waals surface area contributed by atoms with Gasteiger partial charge in [0.2, 0.25) is 11.8 Å². The maximum atomic E-state index is 13.9. The smallest absolute Gasteiger partial charge is 0.249 e. The first-order valence-electron chi connectivity index (χ1n) is 11.8. The zero-order chi connectivity index (χ0) is 24.1. The molecule has 34 heavy (non-hydrogen) atoms. The molecule has 2 amide bonds. The average molecular weight is 478 g/mol. The van der Waals surface area contributed by atoms with E-state index in [0.717, 1.165) is 30.6 Å². The van der Waals surface area contributed by atoms with Gasteiger partial charge in [-0.05, 0) is 55.5 Å². The summed E-state index contributed by atoms with van der Waals surface area (Å²) in [6, 6.07) is 13.8. The maximum absolute atomic E-state index is 13.9. The van der Waals surface area contributed by atoms with Crippen LogP contribution in [0.3, 0.4) is 0 Å². The number of benzene rings is 1. The number of Topliss-reactive ketones (excluding diaryl/α,β-unsaturated/α-hetero) is 1. The van der Waals surface area contributed by atoms with Crippen molar-refractivity contribution in [3.05, 3.63) is 76.2 Å². The molecular weight excluding hydrogens is 446 g/mol. The summed E-state index contributed by atoms with van der Waals surface area (Å²) in [5, 5.41) is 5.15. The Kier molecular flexibility index (Phi) is 7.63. The number of ketones is 1. The molecule has 6 nitrogen and oxygen atoms in total. The molecule has 2 heterocycles. The molecule has 7 heteroatoms. The fourth-order valence-electron chi connectivity index (χ4n) is 4.72. The molecule has 0 aliphatic heterocycles. The highest BCUT2D eigenvalue weighted by molar-refractivity contribution is 7.10. The van der Waals surface area contributed by atoms with Crippen molar-refractivity contribution in [1.29, 1.82) is 0 Å². The van der Waals surface area contributed by atoms with Gasteiger partial charge < -0.3 is 9.88 Å². The maximum Gasteiger partial charge on any atom is 0.249 e. The van der Waals surface area contributed by atoms with Gasteiger partial charge in [0, 0.05) is 29.7 Å². The van der Waals surface area contributed by atoms with Gasteiger partial charge in [-0.15, -0.1) is 11.3 Å². The van der Waals surface area contributed by atoms with Gasteiger partial charge in [-0.2, -0.15) is 0 Å². The summed E-state index contributed by atoms with van der Waals surface area (Å²) in [6.45, 7) is 1.49. The Hall–Kier alpha value is -3.19. The van der Waals surface area contributed by atoms with Crippen LogP contribution in [0, 0.1) is 0 Å². The van der Waals surface area contributed by atoms with Gasteiger partial charge in [-0.1, -0.05) is 37.5 Å². The Balaban J connectivity index is 1.80. The first-order valence-corrected chi connectivity index (χ1v) is 12.7. The summed E-state index contributed by atoms with van der Waals surface area (Å²) in [5.74, 6) is -0.587. The largest absolute Gasteiger partial charge is 0.352 e. The molecule has 1 saturated carbocycles. The highest BCUT2D eigenvalue weighted by Gasteiger charge is 2.36. The molecular formula is C27H31N3O3S. The zero-order valence-corrected chi connectivity index (χ0v) is 20.5. The highest BCUT2D eigenvalue weighted by Crippen LogP contribution is 2.33. The van der Waals surface area contributed by atoms with Crippen LogP contribution in [0.25, 0.3) is 0 Å². The predicted molar refractivity (Wildman–Crippen MR) is 135 cm³/mol. The van der Waals surface area contributed by atoms with Crippen LogP contribution < -0.4 is 10.2 Å². The number of carbonyl (C=O) groups is 3. The van der Waals surface area contributed by atoms with Crippen molar-refractivity contribution in [2.75, 3.05) is 4.90 Å². The van der Waals surface area contributed by atoms with E-state index in [1.165, 1.54) is 29.6 Å². The van der Waals surface area contributed by atoms with E-state index in [4.69, 9.17) is 0 Å². The number of rotatable bonds is 8. The number of aryl methyl sites for hydroxylation is 1. The van der Waals surface area contributed by atoms with E-state index in [0.29, 0.717) is 16.9 Å². The third-order valence-electron chi connectivity index (χ3n) is 6.44. The number of thiophene rings is 1. The van der Waals surface area contributed by atoms with Crippen molar-refractivity contribution in [2.45, 2.75) is 57.5 Å². The minimum atomic E-state index is -0.894. The van der Waals surface area contributed by atoms with E-state index in [2.05, 4.69) is 5.32 Å². The Morgan fingerprint density at radius 3 is 2.47 bits per heavy atom. The molecule has 1 unspecified atom stereocenters. The molecule has 1 atom stereocenters. The summed E-state index contributed by atoms with van der Waals surface area (Å²) in [5.41, 5.74) is 1.58. The van der Waals surface area contributed by atoms with Gasteiger partial charge in [0.25, 0.3) is 0 Å². The monoisotopic (exact) mass is 477 g/mol. The van der Waals surface area contributed by atoms with Crippen LogP contribution in [-0.2, 0) is 23.1 Å². The second kappa shape index (κ2) is 10.8. The molecule has 0 spiro atoms. The van der Waals surface area contributed by atoms with Crippen molar-refractivity contribution in [3.8, 4) is 0 Å². The summed E-state index contributed by atoms with van der Waals surface area (Å²) >= 11 is 1.50. The van der Waals surface area contributed by atoms with Crippen LogP contribution in [0.4, 0.5) is 5.69 Å². The van der Waals surface area contributed by atoms with E-state index in [-0.39, 0.29) is 30.1 Å². The lowest BCUT2D eigenvalue weighted by molar-refractivity contribution is -0.127. The lowest BCUT2D eigenvalue weighted by Crippen LogP contribution is -2.48. The van der Waals surface area contributed by atoms with Crippen LogP contribution in [0.15, 0.2) is 60.1 Å². The van der Waals surface area contributed by atoms with Crippen LogP contribution in [0.1, 0.15) is 66.0 Å². The van der Waals surface area contributed by atoms with Crippen molar-refractivity contribution in [3.63, 3.8) is 0 Å². The molecule has 1 N–H and O–H groups in total. The summed E-state index contributed by atoms with van der Waals surface area (Å²) in [4.78, 5) is 42.7. The second-order valence-electron chi connectivity index (χ2n) is 8.88. The first-order chi connectivity index (χ1) is 16.5. The topological polar surface area (TPSA) is 71.4 Å². The molecule has 1 fully saturated rings. The van der Waals surface area contributed by atoms with Crippen LogP contribution in [0.5, 0.6) is 0 Å². The summed E-state index contributed by atoms with van der Waals surface area (Å²) in [6.07, 6.45) is 7.28. The molecule has 3 aromatic rings. The molecule has 2 aromatic heterocycles. The van der Waals surface area contributed by atoms with E-state index in [9.17, 15) is 14.4 Å². The minimum Gasteiger partial charge on any atom is -0.352 e. The molecule has 1 aliphatic carbocycles. The third-order valence-corrected chi connectivity index (χ3v) is 7.32. The van der Waals surface area contributed by atoms with Crippen molar-refractivity contribution < 1.29 is 14.4 Å². The van der Waals surface area contributed by atoms with Crippen molar-refractivity contribution in [1.82, 2.24) is 9.88 Å². The lowest BCUT2D eigenvalue weighted by atomic mass is 9.95. The van der Waals surface area contributed by atoms with E-state index >= 15 is 0 Å². The summed E-state index contributed by atoms with van der Waals surface area (Å²) < 4.78 is 1.87. The number of amides is 2. The minimum absolute atomic E-state index is 0.0984. The van der Waals surface area contributed by atoms with Gasteiger partial charge in [-0.25, -0.2) is 0 Å². The summed E-state index contributed by atoms with van der Waals surface area (Å²) in [7, 11) is 1.87. The number of hydrogen-bond donors (Lipinski definition) is 1. The van der Waals surface area contributed by atoms with Crippen LogP contribution in [0.2, 0.25) is 0 Å². The SMILES string of the molecule is CC(=O)c1ccccc1N(C(=O)Cc1cccs1)C(C(=O)NC1CCCCC1)c1cccn1C.